The highest BCUT2D eigenvalue weighted by Crippen LogP contribution is 2.24. The Hall–Kier alpha value is -3.58. The van der Waals surface area contributed by atoms with Gasteiger partial charge in [0.1, 0.15) is 19.0 Å². The highest BCUT2D eigenvalue weighted by atomic mass is 16.6. The van der Waals surface area contributed by atoms with Gasteiger partial charge in [0.05, 0.1) is 0 Å². The first-order valence-electron chi connectivity index (χ1n) is 7.27. The molecule has 0 bridgehead atoms. The first-order valence-corrected chi connectivity index (χ1v) is 7.27. The highest BCUT2D eigenvalue weighted by Gasteiger charge is 2.34. The van der Waals surface area contributed by atoms with E-state index in [4.69, 9.17) is 0 Å². The summed E-state index contributed by atoms with van der Waals surface area (Å²) in [6.07, 6.45) is 0. The van der Waals surface area contributed by atoms with Crippen molar-refractivity contribution in [1.82, 2.24) is 29.5 Å². The molecule has 0 saturated heterocycles. The van der Waals surface area contributed by atoms with E-state index in [-0.39, 0.29) is 36.3 Å². The Morgan fingerprint density at radius 2 is 1.27 bits per heavy atom. The van der Waals surface area contributed by atoms with Crippen LogP contribution < -0.4 is 0 Å². The second-order valence-electron chi connectivity index (χ2n) is 5.50. The first-order chi connectivity index (χ1) is 12.1. The van der Waals surface area contributed by atoms with Gasteiger partial charge in [0.15, 0.2) is 11.6 Å². The summed E-state index contributed by atoms with van der Waals surface area (Å²) in [4.78, 5) is 50.5. The first kappa shape index (κ1) is 18.8. The van der Waals surface area contributed by atoms with E-state index < -0.39 is 27.7 Å². The molecule has 2 heterocycles. The van der Waals surface area contributed by atoms with Crippen LogP contribution >= 0.6 is 0 Å². The van der Waals surface area contributed by atoms with Crippen molar-refractivity contribution in [2.45, 2.75) is 39.8 Å². The van der Waals surface area contributed by atoms with Crippen molar-refractivity contribution in [3.05, 3.63) is 31.9 Å². The Morgan fingerprint density at radius 3 is 1.54 bits per heavy atom. The van der Waals surface area contributed by atoms with Crippen molar-refractivity contribution < 1.29 is 19.4 Å². The normalized spacial score (nSPS) is 10.9. The zero-order chi connectivity index (χ0) is 19.6. The lowest BCUT2D eigenvalue weighted by molar-refractivity contribution is -0.394. The van der Waals surface area contributed by atoms with E-state index >= 15 is 0 Å². The van der Waals surface area contributed by atoms with Gasteiger partial charge in [-0.25, -0.2) is 0 Å². The zero-order valence-corrected chi connectivity index (χ0v) is 14.0. The highest BCUT2D eigenvalue weighted by molar-refractivity contribution is 5.75. The van der Waals surface area contributed by atoms with Gasteiger partial charge in [-0.2, -0.15) is 9.36 Å². The molecule has 0 aliphatic carbocycles. The van der Waals surface area contributed by atoms with E-state index in [1.165, 1.54) is 20.8 Å². The van der Waals surface area contributed by atoms with Gasteiger partial charge in [0.25, 0.3) is 0 Å². The Balaban J connectivity index is 2.55. The zero-order valence-electron chi connectivity index (χ0n) is 14.0. The van der Waals surface area contributed by atoms with E-state index in [1.54, 1.807) is 0 Å². The fraction of sp³-hybridized carbons (Fsp3) is 0.500. The van der Waals surface area contributed by atoms with Crippen LogP contribution in [0.3, 0.4) is 0 Å². The standard InChI is InChI=1S/C12H14N8O6/c1-6(21)4-17-9(13-11(15-17)19(23)24)8(3)10-14-12(20(25)26)16-18(10)5-7(2)22/h8H,4-5H2,1-3H3. The molecule has 0 radical (unpaired) electrons. The predicted molar refractivity (Wildman–Crippen MR) is 82.2 cm³/mol. The van der Waals surface area contributed by atoms with Crippen molar-refractivity contribution in [1.29, 1.82) is 0 Å². The number of carbonyl (C=O) groups is 2. The van der Waals surface area contributed by atoms with Crippen LogP contribution in [-0.2, 0) is 22.7 Å². The summed E-state index contributed by atoms with van der Waals surface area (Å²) < 4.78 is 2.06. The maximum absolute atomic E-state index is 11.4. The maximum atomic E-state index is 11.4. The molecule has 0 fully saturated rings. The maximum Gasteiger partial charge on any atom is 0.491 e. The van der Waals surface area contributed by atoms with Crippen LogP contribution in [0, 0.1) is 20.2 Å². The minimum atomic E-state index is -0.851. The molecule has 0 aliphatic rings. The Labute approximate surface area is 145 Å². The molecule has 138 valence electrons. The number of hydrogen-bond acceptors (Lipinski definition) is 10. The predicted octanol–water partition coefficient (Wildman–Crippen LogP) is 0.0158. The molecular formula is C12H14N8O6. The molecule has 26 heavy (non-hydrogen) atoms. The molecule has 2 aromatic heterocycles. The molecule has 0 spiro atoms. The van der Waals surface area contributed by atoms with Crippen molar-refractivity contribution in [3.8, 4) is 0 Å². The molecule has 14 nitrogen and oxygen atoms in total. The number of hydrogen-bond donors (Lipinski definition) is 0. The largest absolute Gasteiger partial charge is 0.491 e. The molecule has 2 rings (SSSR count). The minimum Gasteiger partial charge on any atom is -0.390 e. The second-order valence-corrected chi connectivity index (χ2v) is 5.50. The molecule has 0 unspecified atom stereocenters. The van der Waals surface area contributed by atoms with Gasteiger partial charge in [0, 0.05) is 10.2 Å². The van der Waals surface area contributed by atoms with Gasteiger partial charge in [-0.1, -0.05) is 0 Å². The summed E-state index contributed by atoms with van der Waals surface area (Å²) >= 11 is 0. The van der Waals surface area contributed by atoms with Gasteiger partial charge in [0.2, 0.25) is 11.6 Å². The van der Waals surface area contributed by atoms with E-state index in [1.807, 2.05) is 0 Å². The number of ketones is 2. The number of nitro groups is 2. The summed E-state index contributed by atoms with van der Waals surface area (Å²) in [5.74, 6) is -2.95. The van der Waals surface area contributed by atoms with E-state index in [9.17, 15) is 29.8 Å². The van der Waals surface area contributed by atoms with Crippen LogP contribution in [0.4, 0.5) is 11.9 Å². The SMILES string of the molecule is CC(=O)Cn1nc([N+](=O)[O-])nc1C(C)c1nc([N+](=O)[O-])nn1CC(C)=O. The van der Waals surface area contributed by atoms with Crippen LogP contribution in [0.25, 0.3) is 0 Å². The lowest BCUT2D eigenvalue weighted by atomic mass is 10.1. The molecule has 0 aromatic carbocycles. The van der Waals surface area contributed by atoms with Crippen molar-refractivity contribution in [2.75, 3.05) is 0 Å². The quantitative estimate of drug-likeness (QED) is 0.456. The Bertz CT molecular complexity index is 827. The van der Waals surface area contributed by atoms with E-state index in [0.29, 0.717) is 0 Å². The molecule has 0 N–H and O–H groups in total. The molecular weight excluding hydrogens is 352 g/mol. The van der Waals surface area contributed by atoms with Gasteiger partial charge >= 0.3 is 11.9 Å². The summed E-state index contributed by atoms with van der Waals surface area (Å²) in [5.41, 5.74) is 0. The van der Waals surface area contributed by atoms with Crippen LogP contribution in [0.2, 0.25) is 0 Å². The van der Waals surface area contributed by atoms with Gasteiger partial charge < -0.3 is 20.2 Å². The molecule has 0 saturated carbocycles. The number of nitrogens with zero attached hydrogens (tertiary/aromatic N) is 8. The van der Waals surface area contributed by atoms with E-state index in [2.05, 4.69) is 20.2 Å². The van der Waals surface area contributed by atoms with Crippen LogP contribution in [-0.4, -0.2) is 50.9 Å². The van der Waals surface area contributed by atoms with Gasteiger partial charge in [-0.3, -0.25) is 9.59 Å². The number of rotatable bonds is 8. The smallest absolute Gasteiger partial charge is 0.390 e. The summed E-state index contributed by atoms with van der Waals surface area (Å²) in [7, 11) is 0. The molecule has 0 amide bonds. The van der Waals surface area contributed by atoms with Crippen LogP contribution in [0.15, 0.2) is 0 Å². The van der Waals surface area contributed by atoms with Crippen LogP contribution in [0.5, 0.6) is 0 Å². The fourth-order valence-electron chi connectivity index (χ4n) is 2.25. The topological polar surface area (TPSA) is 182 Å². The lowest BCUT2D eigenvalue weighted by Gasteiger charge is -2.05. The average molecular weight is 366 g/mol. The average Bonchev–Trinajstić information content (AvgIpc) is 3.10. The van der Waals surface area contributed by atoms with Gasteiger partial charge in [-0.05, 0) is 40.6 Å². The molecule has 2 aromatic rings. The number of carbonyl (C=O) groups excluding carboxylic acids is 2. The lowest BCUT2D eigenvalue weighted by Crippen LogP contribution is -2.18. The second kappa shape index (κ2) is 7.12. The molecule has 14 heteroatoms. The summed E-state index contributed by atoms with van der Waals surface area (Å²) in [5, 5.41) is 29.2. The molecule has 0 aliphatic heterocycles. The summed E-state index contributed by atoms with van der Waals surface area (Å²) in [6, 6.07) is 0. The van der Waals surface area contributed by atoms with Crippen molar-refractivity contribution in [3.63, 3.8) is 0 Å². The fourth-order valence-corrected chi connectivity index (χ4v) is 2.25. The third-order valence-corrected chi connectivity index (χ3v) is 3.22. The third-order valence-electron chi connectivity index (χ3n) is 3.22. The number of Topliss-reactive ketones (excluding diaryl/α,β-unsaturated/α-hetero) is 2. The minimum absolute atomic E-state index is 0.000926. The Morgan fingerprint density at radius 1 is 0.923 bits per heavy atom. The summed E-state index contributed by atoms with van der Waals surface area (Å²) in [6.45, 7) is 3.50. The van der Waals surface area contributed by atoms with Crippen LogP contribution in [0.1, 0.15) is 38.3 Å². The van der Waals surface area contributed by atoms with E-state index in [0.717, 1.165) is 9.36 Å². The Kier molecular flexibility index (Phi) is 5.14. The van der Waals surface area contributed by atoms with Crippen molar-refractivity contribution >= 4 is 23.5 Å². The molecule has 0 atom stereocenters. The number of aromatic nitrogens is 6. The van der Waals surface area contributed by atoms with Crippen molar-refractivity contribution in [2.24, 2.45) is 0 Å². The monoisotopic (exact) mass is 366 g/mol. The van der Waals surface area contributed by atoms with Gasteiger partial charge in [-0.15, -0.1) is 0 Å². The third kappa shape index (κ3) is 3.90.